The third-order valence-electron chi connectivity index (χ3n) is 8.02. The minimum absolute atomic E-state index is 0.0413. The molecule has 4 atom stereocenters. The Labute approximate surface area is 230 Å². The summed E-state index contributed by atoms with van der Waals surface area (Å²) in [6, 6.07) is -0.135. The van der Waals surface area contributed by atoms with E-state index in [2.05, 4.69) is 17.2 Å². The van der Waals surface area contributed by atoms with Crippen LogP contribution in [0, 0.1) is 17.7 Å². The zero-order valence-corrected chi connectivity index (χ0v) is 22.7. The van der Waals surface area contributed by atoms with Crippen molar-refractivity contribution in [1.82, 2.24) is 10.2 Å². The van der Waals surface area contributed by atoms with Crippen molar-refractivity contribution in [1.29, 1.82) is 0 Å². The lowest BCUT2D eigenvalue weighted by Crippen LogP contribution is -2.65. The minimum atomic E-state index is -2.76. The highest BCUT2D eigenvalue weighted by Gasteiger charge is 2.64. The zero-order chi connectivity index (χ0) is 29.7. The van der Waals surface area contributed by atoms with Crippen LogP contribution >= 0.6 is 0 Å². The first-order valence-corrected chi connectivity index (χ1v) is 13.1. The van der Waals surface area contributed by atoms with Crippen LogP contribution in [0.2, 0.25) is 0 Å². The standard InChI is InChI=1S/C28H35FN4O7/c1-5-6-7-31-11-12(2)32-17-10-16(29)14-8-13-9-15-21(33(3)4)24(36)20(27(30)39)26(38)28(15,40)25(37)18(13)23(35)19(14)22(17)34/h10,13,15,21,31-32,34-35,38,40H,2,5-9,11H2,1,3-4H3,(H2,30,39)/t13-,15-,21-,28-/m0/s1. The summed E-state index contributed by atoms with van der Waals surface area (Å²) < 4.78 is 15.4. The van der Waals surface area contributed by atoms with Gasteiger partial charge in [0.2, 0.25) is 5.78 Å². The molecule has 3 aliphatic rings. The van der Waals surface area contributed by atoms with E-state index in [1.165, 1.54) is 19.0 Å². The molecule has 40 heavy (non-hydrogen) atoms. The molecule has 12 heteroatoms. The van der Waals surface area contributed by atoms with Crippen molar-refractivity contribution in [2.24, 2.45) is 17.6 Å². The van der Waals surface area contributed by atoms with E-state index < -0.39 is 69.6 Å². The molecule has 1 fully saturated rings. The Morgan fingerprint density at radius 3 is 2.55 bits per heavy atom. The summed E-state index contributed by atoms with van der Waals surface area (Å²) in [5.74, 6) is -8.62. The number of carbonyl (C=O) groups excluding carboxylic acids is 3. The number of fused-ring (bicyclic) bond motifs is 3. The first kappa shape index (κ1) is 29.2. The highest BCUT2D eigenvalue weighted by atomic mass is 19.1. The second-order valence-corrected chi connectivity index (χ2v) is 10.8. The van der Waals surface area contributed by atoms with E-state index in [4.69, 9.17) is 5.73 Å². The number of hydrogen-bond donors (Lipinski definition) is 7. The third-order valence-corrected chi connectivity index (χ3v) is 8.02. The van der Waals surface area contributed by atoms with Gasteiger partial charge in [0.05, 0.1) is 17.3 Å². The fourth-order valence-electron chi connectivity index (χ4n) is 6.14. The van der Waals surface area contributed by atoms with Crippen molar-refractivity contribution in [3.63, 3.8) is 0 Å². The van der Waals surface area contributed by atoms with Crippen LogP contribution < -0.4 is 16.4 Å². The Balaban J connectivity index is 1.80. The number of primary amides is 1. The van der Waals surface area contributed by atoms with E-state index in [-0.39, 0.29) is 35.2 Å². The molecule has 1 aromatic carbocycles. The molecule has 0 saturated heterocycles. The SMILES string of the molecule is C=C(CNCCCC)Nc1cc(F)c2c(c1O)C(O)=C1C(=O)[C@]3(O)C(O)=C(C(N)=O)C(=O)[C@@H](N(C)C)[C@@H]3C[C@@H]1C2. The van der Waals surface area contributed by atoms with Crippen molar-refractivity contribution in [3.8, 4) is 5.75 Å². The molecule has 4 rings (SSSR count). The van der Waals surface area contributed by atoms with Gasteiger partial charge in [-0.05, 0) is 45.8 Å². The summed E-state index contributed by atoms with van der Waals surface area (Å²) in [5, 5.41) is 50.8. The van der Waals surface area contributed by atoms with Crippen molar-refractivity contribution >= 4 is 28.9 Å². The number of nitrogens with zero attached hydrogens (tertiary/aromatic N) is 1. The van der Waals surface area contributed by atoms with E-state index in [0.717, 1.165) is 25.5 Å². The molecule has 0 bridgehead atoms. The molecule has 1 amide bonds. The molecule has 0 aromatic heterocycles. The molecule has 1 aromatic rings. The maximum atomic E-state index is 15.4. The van der Waals surface area contributed by atoms with Crippen LogP contribution in [-0.4, -0.2) is 81.6 Å². The number of phenols is 1. The molecule has 0 aliphatic heterocycles. The van der Waals surface area contributed by atoms with Gasteiger partial charge in [0.25, 0.3) is 5.91 Å². The molecule has 0 spiro atoms. The average Bonchev–Trinajstić information content (AvgIpc) is 2.86. The van der Waals surface area contributed by atoms with E-state index in [1.54, 1.807) is 0 Å². The molecule has 0 unspecified atom stereocenters. The molecular formula is C28H35FN4O7. The lowest BCUT2D eigenvalue weighted by molar-refractivity contribution is -0.153. The van der Waals surface area contributed by atoms with Crippen LogP contribution in [0.3, 0.4) is 0 Å². The Morgan fingerprint density at radius 2 is 1.95 bits per heavy atom. The third kappa shape index (κ3) is 4.45. The number of ketones is 2. The quantitative estimate of drug-likeness (QED) is 0.133. The van der Waals surface area contributed by atoms with Crippen LogP contribution in [0.1, 0.15) is 37.3 Å². The van der Waals surface area contributed by atoms with Gasteiger partial charge in [-0.25, -0.2) is 4.39 Å². The summed E-state index contributed by atoms with van der Waals surface area (Å²) in [6.45, 7) is 6.99. The maximum absolute atomic E-state index is 15.4. The van der Waals surface area contributed by atoms with Crippen LogP contribution in [0.4, 0.5) is 10.1 Å². The predicted molar refractivity (Wildman–Crippen MR) is 145 cm³/mol. The number of nitrogens with two attached hydrogens (primary N) is 1. The van der Waals surface area contributed by atoms with Gasteiger partial charge in [0.1, 0.15) is 28.7 Å². The number of aromatic hydroxyl groups is 1. The normalized spacial score (nSPS) is 26.0. The maximum Gasteiger partial charge on any atom is 0.255 e. The number of hydrogen-bond acceptors (Lipinski definition) is 10. The molecular weight excluding hydrogens is 523 g/mol. The summed E-state index contributed by atoms with van der Waals surface area (Å²) in [4.78, 5) is 40.4. The van der Waals surface area contributed by atoms with Gasteiger partial charge < -0.3 is 36.8 Å². The second-order valence-electron chi connectivity index (χ2n) is 10.8. The molecule has 0 radical (unpaired) electrons. The number of benzene rings is 1. The van der Waals surface area contributed by atoms with Crippen molar-refractivity contribution in [3.05, 3.63) is 52.2 Å². The predicted octanol–water partition coefficient (Wildman–Crippen LogP) is 1.42. The van der Waals surface area contributed by atoms with Gasteiger partial charge in [0.15, 0.2) is 11.4 Å². The number of aliphatic hydroxyl groups is 3. The minimum Gasteiger partial charge on any atom is -0.508 e. The van der Waals surface area contributed by atoms with Crippen molar-refractivity contribution in [2.75, 3.05) is 32.5 Å². The first-order chi connectivity index (χ1) is 18.8. The number of anilines is 1. The lowest BCUT2D eigenvalue weighted by Gasteiger charge is -2.50. The molecule has 1 saturated carbocycles. The molecule has 3 aliphatic carbocycles. The number of nitrogens with one attached hydrogen (secondary N) is 2. The zero-order valence-electron chi connectivity index (χ0n) is 22.7. The molecule has 0 heterocycles. The summed E-state index contributed by atoms with van der Waals surface area (Å²) in [6.07, 6.45) is 1.70. The largest absolute Gasteiger partial charge is 0.508 e. The summed E-state index contributed by atoms with van der Waals surface area (Å²) in [5.41, 5.74) is 1.29. The Bertz CT molecular complexity index is 1370. The fraction of sp³-hybridized carbons (Fsp3) is 0.464. The lowest BCUT2D eigenvalue weighted by atomic mass is 9.57. The topological polar surface area (TPSA) is 185 Å². The summed E-state index contributed by atoms with van der Waals surface area (Å²) >= 11 is 0. The van der Waals surface area contributed by atoms with Crippen LogP contribution in [-0.2, 0) is 20.8 Å². The van der Waals surface area contributed by atoms with E-state index in [1.807, 2.05) is 6.92 Å². The number of aliphatic hydroxyl groups excluding tert-OH is 2. The van der Waals surface area contributed by atoms with Gasteiger partial charge >= 0.3 is 0 Å². The number of rotatable bonds is 9. The highest BCUT2D eigenvalue weighted by Crippen LogP contribution is 2.53. The first-order valence-electron chi connectivity index (χ1n) is 13.1. The Hall–Kier alpha value is -3.74. The number of phenolic OH excluding ortho intramolecular Hbond substituents is 1. The van der Waals surface area contributed by atoms with E-state index in [9.17, 15) is 34.8 Å². The highest BCUT2D eigenvalue weighted by molar-refractivity contribution is 6.24. The number of unbranched alkanes of at least 4 members (excludes halogenated alkanes) is 1. The fourth-order valence-corrected chi connectivity index (χ4v) is 6.14. The molecule has 8 N–H and O–H groups in total. The smallest absolute Gasteiger partial charge is 0.255 e. The van der Waals surface area contributed by atoms with Gasteiger partial charge in [-0.2, -0.15) is 0 Å². The number of Topliss-reactive ketones (excluding diaryl/α,β-unsaturated/α-hetero) is 2. The van der Waals surface area contributed by atoms with Crippen LogP contribution in [0.25, 0.3) is 5.76 Å². The van der Waals surface area contributed by atoms with Gasteiger partial charge in [0, 0.05) is 35.4 Å². The Kier molecular flexibility index (Phi) is 7.81. The molecule has 11 nitrogen and oxygen atoms in total. The number of likely N-dealkylation sites (N-methyl/N-ethyl adjacent to an activating group) is 1. The van der Waals surface area contributed by atoms with Gasteiger partial charge in [-0.3, -0.25) is 19.3 Å². The summed E-state index contributed by atoms with van der Waals surface area (Å²) in [7, 11) is 3.01. The van der Waals surface area contributed by atoms with Crippen LogP contribution in [0.15, 0.2) is 35.2 Å². The van der Waals surface area contributed by atoms with Crippen molar-refractivity contribution < 1.29 is 39.2 Å². The second kappa shape index (κ2) is 10.7. The van der Waals surface area contributed by atoms with Crippen molar-refractivity contribution in [2.45, 2.75) is 44.2 Å². The van der Waals surface area contributed by atoms with E-state index >= 15 is 4.39 Å². The number of carbonyl (C=O) groups is 3. The van der Waals surface area contributed by atoms with Gasteiger partial charge in [-0.1, -0.05) is 19.9 Å². The average molecular weight is 559 g/mol. The number of amides is 1. The van der Waals surface area contributed by atoms with Crippen LogP contribution in [0.5, 0.6) is 5.75 Å². The Morgan fingerprint density at radius 1 is 1.27 bits per heavy atom. The van der Waals surface area contributed by atoms with E-state index in [0.29, 0.717) is 12.2 Å². The van der Waals surface area contributed by atoms with Gasteiger partial charge in [-0.15, -0.1) is 0 Å². The monoisotopic (exact) mass is 558 g/mol. The molecule has 216 valence electrons. The number of halogens is 1.